The smallest absolute Gasteiger partial charge is 0.191 e. The van der Waals surface area contributed by atoms with Gasteiger partial charge in [-0.2, -0.15) is 0 Å². The van der Waals surface area contributed by atoms with Crippen LogP contribution in [0.5, 0.6) is 0 Å². The van der Waals surface area contributed by atoms with Crippen LogP contribution in [0.4, 0.5) is 4.39 Å². The summed E-state index contributed by atoms with van der Waals surface area (Å²) in [5, 5.41) is 7.01. The molecule has 130 valence electrons. The van der Waals surface area contributed by atoms with E-state index >= 15 is 0 Å². The Morgan fingerprint density at radius 2 is 2.12 bits per heavy atom. The van der Waals surface area contributed by atoms with Gasteiger partial charge in [-0.15, -0.1) is 11.3 Å². The van der Waals surface area contributed by atoms with Crippen LogP contribution in [0, 0.1) is 12.7 Å². The summed E-state index contributed by atoms with van der Waals surface area (Å²) in [6, 6.07) is 4.51. The summed E-state index contributed by atoms with van der Waals surface area (Å²) >= 11 is 7.81. The number of halogens is 2. The molecule has 24 heavy (non-hydrogen) atoms. The van der Waals surface area contributed by atoms with E-state index in [2.05, 4.69) is 34.5 Å². The Labute approximate surface area is 151 Å². The van der Waals surface area contributed by atoms with Gasteiger partial charge < -0.3 is 10.6 Å². The van der Waals surface area contributed by atoms with E-state index in [1.165, 1.54) is 17.0 Å². The van der Waals surface area contributed by atoms with Crippen molar-refractivity contribution < 1.29 is 4.39 Å². The van der Waals surface area contributed by atoms with E-state index in [9.17, 15) is 4.39 Å². The Kier molecular flexibility index (Phi) is 6.18. The third-order valence-corrected chi connectivity index (χ3v) is 5.09. The molecule has 2 aromatic rings. The fourth-order valence-corrected chi connectivity index (χ4v) is 3.46. The Morgan fingerprint density at radius 3 is 2.71 bits per heavy atom. The van der Waals surface area contributed by atoms with E-state index < -0.39 is 0 Å². The van der Waals surface area contributed by atoms with Crippen LogP contribution in [0.2, 0.25) is 5.02 Å². The highest BCUT2D eigenvalue weighted by Crippen LogP contribution is 2.29. The molecule has 0 aliphatic heterocycles. The minimum atomic E-state index is -0.329. The first-order valence-corrected chi connectivity index (χ1v) is 8.88. The summed E-state index contributed by atoms with van der Waals surface area (Å²) in [5.74, 6) is 0.374. The van der Waals surface area contributed by atoms with Crippen molar-refractivity contribution in [1.82, 2.24) is 15.6 Å². The van der Waals surface area contributed by atoms with Gasteiger partial charge in [0.05, 0.1) is 17.7 Å². The maximum Gasteiger partial charge on any atom is 0.191 e. The molecule has 2 rings (SSSR count). The summed E-state index contributed by atoms with van der Waals surface area (Å²) in [5.41, 5.74) is 3.48. The first kappa shape index (κ1) is 18.7. The summed E-state index contributed by atoms with van der Waals surface area (Å²) in [7, 11) is 1.73. The van der Waals surface area contributed by atoms with Gasteiger partial charge in [-0.25, -0.2) is 9.37 Å². The molecule has 0 aliphatic rings. The molecule has 7 heteroatoms. The highest BCUT2D eigenvalue weighted by Gasteiger charge is 2.24. The van der Waals surface area contributed by atoms with Crippen LogP contribution < -0.4 is 10.6 Å². The Balaban J connectivity index is 1.97. The Morgan fingerprint density at radius 1 is 1.38 bits per heavy atom. The number of thiazole rings is 1. The van der Waals surface area contributed by atoms with Crippen molar-refractivity contribution in [2.75, 3.05) is 13.6 Å². The molecular formula is C17H22ClFN4S. The molecule has 4 nitrogen and oxygen atoms in total. The minimum absolute atomic E-state index is 0.275. The Hall–Kier alpha value is -1.66. The predicted molar refractivity (Wildman–Crippen MR) is 99.5 cm³/mol. The lowest BCUT2D eigenvalue weighted by Crippen LogP contribution is -2.43. The van der Waals surface area contributed by atoms with Gasteiger partial charge in [0.25, 0.3) is 0 Å². The zero-order valence-corrected chi connectivity index (χ0v) is 15.9. The first-order chi connectivity index (χ1) is 11.3. The highest BCUT2D eigenvalue weighted by molar-refractivity contribution is 7.09. The summed E-state index contributed by atoms with van der Waals surface area (Å²) in [6.45, 7) is 7.39. The van der Waals surface area contributed by atoms with Crippen LogP contribution in [-0.4, -0.2) is 24.5 Å². The fraction of sp³-hybridized carbons (Fsp3) is 0.412. The van der Waals surface area contributed by atoms with Crippen LogP contribution in [-0.2, 0) is 12.0 Å². The standard InChI is InChI=1S/C17H22ClFN4S/c1-11-15(24-10-23-11)8-21-16(20-4)22-9-17(2,3)13-6-5-12(19)7-14(13)18/h5-7,10H,8-9H2,1-4H3,(H2,20,21,22). The van der Waals surface area contributed by atoms with Crippen LogP contribution in [0.3, 0.4) is 0 Å². The second-order valence-corrected chi connectivity index (χ2v) is 7.49. The molecule has 2 N–H and O–H groups in total. The predicted octanol–water partition coefficient (Wildman–Crippen LogP) is 3.89. The molecule has 0 spiro atoms. The zero-order chi connectivity index (χ0) is 17.7. The van der Waals surface area contributed by atoms with Gasteiger partial charge in [0.15, 0.2) is 5.96 Å². The van der Waals surface area contributed by atoms with Gasteiger partial charge in [0.1, 0.15) is 5.82 Å². The molecule has 1 heterocycles. The number of guanidine groups is 1. The minimum Gasteiger partial charge on any atom is -0.356 e. The molecule has 1 aromatic heterocycles. The lowest BCUT2D eigenvalue weighted by atomic mass is 9.84. The average Bonchev–Trinajstić information content (AvgIpc) is 2.92. The van der Waals surface area contributed by atoms with E-state index in [1.54, 1.807) is 24.5 Å². The maximum atomic E-state index is 13.2. The highest BCUT2D eigenvalue weighted by atomic mass is 35.5. The number of benzene rings is 1. The maximum absolute atomic E-state index is 13.2. The number of aliphatic imine (C=N–C) groups is 1. The van der Waals surface area contributed by atoms with Crippen molar-refractivity contribution in [2.45, 2.75) is 32.7 Å². The van der Waals surface area contributed by atoms with E-state index in [-0.39, 0.29) is 11.2 Å². The van der Waals surface area contributed by atoms with Crippen LogP contribution in [0.1, 0.15) is 30.0 Å². The number of rotatable bonds is 5. The van der Waals surface area contributed by atoms with Crippen LogP contribution in [0.15, 0.2) is 28.7 Å². The van der Waals surface area contributed by atoms with E-state index in [0.717, 1.165) is 11.3 Å². The zero-order valence-electron chi connectivity index (χ0n) is 14.3. The van der Waals surface area contributed by atoms with Crippen molar-refractivity contribution in [2.24, 2.45) is 4.99 Å². The number of nitrogens with one attached hydrogen (secondary N) is 2. The third-order valence-electron chi connectivity index (χ3n) is 3.84. The monoisotopic (exact) mass is 368 g/mol. The summed E-state index contributed by atoms with van der Waals surface area (Å²) in [6.07, 6.45) is 0. The van der Waals surface area contributed by atoms with Gasteiger partial charge in [0.2, 0.25) is 0 Å². The SMILES string of the molecule is CN=C(NCc1scnc1C)NCC(C)(C)c1ccc(F)cc1Cl. The number of nitrogens with zero attached hydrogens (tertiary/aromatic N) is 2. The second-order valence-electron chi connectivity index (χ2n) is 6.15. The van der Waals surface area contributed by atoms with Crippen molar-refractivity contribution in [3.63, 3.8) is 0 Å². The molecule has 0 aliphatic carbocycles. The lowest BCUT2D eigenvalue weighted by Gasteiger charge is -2.27. The quantitative estimate of drug-likeness (QED) is 0.621. The molecule has 0 fully saturated rings. The van der Waals surface area contributed by atoms with Gasteiger partial charge in [-0.1, -0.05) is 31.5 Å². The largest absolute Gasteiger partial charge is 0.356 e. The second kappa shape index (κ2) is 7.94. The molecule has 0 unspecified atom stereocenters. The first-order valence-electron chi connectivity index (χ1n) is 7.62. The van der Waals surface area contributed by atoms with Crippen molar-refractivity contribution in [3.8, 4) is 0 Å². The van der Waals surface area contributed by atoms with Crippen LogP contribution >= 0.6 is 22.9 Å². The molecule has 0 bridgehead atoms. The van der Waals surface area contributed by atoms with Gasteiger partial charge in [0, 0.05) is 28.9 Å². The molecular weight excluding hydrogens is 347 g/mol. The normalized spacial score (nSPS) is 12.3. The average molecular weight is 369 g/mol. The molecule has 0 saturated carbocycles. The molecule has 0 radical (unpaired) electrons. The summed E-state index contributed by atoms with van der Waals surface area (Å²) < 4.78 is 13.2. The molecule has 1 aromatic carbocycles. The van der Waals surface area contributed by atoms with E-state index in [4.69, 9.17) is 11.6 Å². The number of hydrogen-bond donors (Lipinski definition) is 2. The van der Waals surface area contributed by atoms with Crippen molar-refractivity contribution in [3.05, 3.63) is 50.7 Å². The molecule has 0 atom stereocenters. The van der Waals surface area contributed by atoms with E-state index in [1.807, 2.05) is 12.4 Å². The molecule has 0 saturated heterocycles. The van der Waals surface area contributed by atoms with Gasteiger partial charge in [-0.05, 0) is 24.6 Å². The topological polar surface area (TPSA) is 49.3 Å². The van der Waals surface area contributed by atoms with Crippen molar-refractivity contribution in [1.29, 1.82) is 0 Å². The summed E-state index contributed by atoms with van der Waals surface area (Å²) in [4.78, 5) is 9.65. The Bertz CT molecular complexity index is 727. The van der Waals surface area contributed by atoms with Crippen molar-refractivity contribution >= 4 is 28.9 Å². The van der Waals surface area contributed by atoms with Gasteiger partial charge in [-0.3, -0.25) is 4.99 Å². The third kappa shape index (κ3) is 4.68. The number of aromatic nitrogens is 1. The lowest BCUT2D eigenvalue weighted by molar-refractivity contribution is 0.507. The van der Waals surface area contributed by atoms with E-state index in [0.29, 0.717) is 24.1 Å². The molecule has 0 amide bonds. The fourth-order valence-electron chi connectivity index (χ4n) is 2.32. The van der Waals surface area contributed by atoms with Gasteiger partial charge >= 0.3 is 0 Å². The number of hydrogen-bond acceptors (Lipinski definition) is 3. The number of aryl methyl sites for hydroxylation is 1. The van der Waals surface area contributed by atoms with Crippen LogP contribution in [0.25, 0.3) is 0 Å².